The molecule has 0 bridgehead atoms. The fourth-order valence-electron chi connectivity index (χ4n) is 2.30. The van der Waals surface area contributed by atoms with E-state index in [0.29, 0.717) is 0 Å². The van der Waals surface area contributed by atoms with Gasteiger partial charge in [0.25, 0.3) is 0 Å². The lowest BCUT2D eigenvalue weighted by Crippen LogP contribution is -2.16. The Morgan fingerprint density at radius 1 is 1.14 bits per heavy atom. The van der Waals surface area contributed by atoms with E-state index in [4.69, 9.17) is 4.74 Å². The van der Waals surface area contributed by atoms with Crippen molar-refractivity contribution in [3.05, 3.63) is 64.5 Å². The minimum absolute atomic E-state index is 0.0666. The fourth-order valence-corrected chi connectivity index (χ4v) is 2.81. The number of alkyl halides is 3. The van der Waals surface area contributed by atoms with Crippen LogP contribution in [0.1, 0.15) is 27.0 Å². The van der Waals surface area contributed by atoms with Gasteiger partial charge in [0.1, 0.15) is 26.2 Å². The summed E-state index contributed by atoms with van der Waals surface area (Å²) in [4.78, 5) is 11.6. The molecule has 0 spiro atoms. The maximum Gasteiger partial charge on any atom is 0.416 e. The molecule has 0 atom stereocenters. The second-order valence-corrected chi connectivity index (χ2v) is 12.0. The van der Waals surface area contributed by atoms with E-state index in [0.717, 1.165) is 19.2 Å². The first-order valence-corrected chi connectivity index (χ1v) is 12.2. The summed E-state index contributed by atoms with van der Waals surface area (Å²) in [5, 5.41) is 0. The Labute approximate surface area is 167 Å². The molecule has 0 fully saturated rings. The molecule has 8 heteroatoms. The summed E-state index contributed by atoms with van der Waals surface area (Å²) < 4.78 is 63.7. The first kappa shape index (κ1) is 22.5. The van der Waals surface area contributed by atoms with E-state index >= 15 is 0 Å². The highest BCUT2D eigenvalue weighted by Crippen LogP contribution is 2.32. The Bertz CT molecular complexity index is 967. The summed E-state index contributed by atoms with van der Waals surface area (Å²) in [6, 6.07) is 7.12. The normalized spacial score (nSPS) is 11.4. The number of benzene rings is 2. The standard InChI is InChI=1S/C21H20F4O3Si/c1-27-20(26)17-7-5-6-15(19(17)22)13-28-18-9-8-16(21(23,24)25)12-14(18)10-11-29(2,3)4/h5-9,12H,13H2,1-4H3. The molecule has 2 rings (SSSR count). The Balaban J connectivity index is 2.38. The maximum absolute atomic E-state index is 14.5. The van der Waals surface area contributed by atoms with Crippen LogP contribution in [0.25, 0.3) is 0 Å². The molecule has 2 aromatic rings. The largest absolute Gasteiger partial charge is 0.487 e. The number of rotatable bonds is 4. The Morgan fingerprint density at radius 2 is 1.83 bits per heavy atom. The van der Waals surface area contributed by atoms with Crippen molar-refractivity contribution in [3.8, 4) is 17.2 Å². The highest BCUT2D eigenvalue weighted by Gasteiger charge is 2.31. The zero-order valence-electron chi connectivity index (χ0n) is 16.4. The van der Waals surface area contributed by atoms with Crippen LogP contribution in [0.3, 0.4) is 0 Å². The van der Waals surface area contributed by atoms with E-state index in [1.54, 1.807) is 0 Å². The van der Waals surface area contributed by atoms with Gasteiger partial charge in [0.2, 0.25) is 0 Å². The molecular weight excluding hydrogens is 404 g/mol. The van der Waals surface area contributed by atoms with Crippen molar-refractivity contribution < 1.29 is 31.8 Å². The van der Waals surface area contributed by atoms with Crippen LogP contribution in [0.4, 0.5) is 17.6 Å². The second kappa shape index (κ2) is 8.70. The smallest absolute Gasteiger partial charge is 0.416 e. The van der Waals surface area contributed by atoms with Crippen LogP contribution >= 0.6 is 0 Å². The molecule has 0 aliphatic rings. The lowest BCUT2D eigenvalue weighted by molar-refractivity contribution is -0.137. The van der Waals surface area contributed by atoms with Gasteiger partial charge in [0, 0.05) is 5.56 Å². The van der Waals surface area contributed by atoms with E-state index in [9.17, 15) is 22.4 Å². The number of hydrogen-bond donors (Lipinski definition) is 0. The summed E-state index contributed by atoms with van der Waals surface area (Å²) in [7, 11) is -0.720. The fraction of sp³-hybridized carbons (Fsp3) is 0.286. The average Bonchev–Trinajstić information content (AvgIpc) is 2.63. The van der Waals surface area contributed by atoms with Crippen molar-refractivity contribution in [2.45, 2.75) is 32.4 Å². The van der Waals surface area contributed by atoms with Gasteiger partial charge in [-0.2, -0.15) is 13.2 Å². The quantitative estimate of drug-likeness (QED) is 0.284. The highest BCUT2D eigenvalue weighted by atomic mass is 28.3. The van der Waals surface area contributed by atoms with Crippen molar-refractivity contribution in [3.63, 3.8) is 0 Å². The molecule has 0 saturated carbocycles. The Hall–Kier alpha value is -2.79. The molecule has 0 amide bonds. The third-order valence-electron chi connectivity index (χ3n) is 3.75. The van der Waals surface area contributed by atoms with E-state index in [1.807, 2.05) is 19.6 Å². The molecule has 0 saturated heterocycles. The number of esters is 1. The monoisotopic (exact) mass is 424 g/mol. The van der Waals surface area contributed by atoms with Gasteiger partial charge in [0.15, 0.2) is 0 Å². The first-order chi connectivity index (χ1) is 13.4. The molecule has 154 valence electrons. The van der Waals surface area contributed by atoms with Crippen LogP contribution in [-0.2, 0) is 17.5 Å². The summed E-state index contributed by atoms with van der Waals surface area (Å²) >= 11 is 0. The molecule has 0 aromatic heterocycles. The minimum Gasteiger partial charge on any atom is -0.487 e. The van der Waals surface area contributed by atoms with Crippen molar-refractivity contribution in [2.75, 3.05) is 7.11 Å². The molecule has 0 unspecified atom stereocenters. The molecule has 0 radical (unpaired) electrons. The summed E-state index contributed by atoms with van der Waals surface area (Å²) in [6.45, 7) is 5.59. The third kappa shape index (κ3) is 6.09. The van der Waals surface area contributed by atoms with Gasteiger partial charge in [-0.25, -0.2) is 9.18 Å². The summed E-state index contributed by atoms with van der Waals surface area (Å²) in [5.74, 6) is 1.24. The molecule has 29 heavy (non-hydrogen) atoms. The molecule has 0 N–H and O–H groups in total. The van der Waals surface area contributed by atoms with Crippen LogP contribution in [0.15, 0.2) is 36.4 Å². The van der Waals surface area contributed by atoms with Gasteiger partial charge >= 0.3 is 12.1 Å². The van der Waals surface area contributed by atoms with Gasteiger partial charge in [-0.05, 0) is 24.3 Å². The van der Waals surface area contributed by atoms with Gasteiger partial charge < -0.3 is 9.47 Å². The maximum atomic E-state index is 14.5. The predicted molar refractivity (Wildman–Crippen MR) is 104 cm³/mol. The predicted octanol–water partition coefficient (Wildman–Crippen LogP) is 5.44. The number of halogens is 4. The van der Waals surface area contributed by atoms with Gasteiger partial charge in [-0.3, -0.25) is 0 Å². The molecule has 0 aliphatic heterocycles. The number of carbonyl (C=O) groups excluding carboxylic acids is 1. The summed E-state index contributed by atoms with van der Waals surface area (Å²) in [6.07, 6.45) is -4.52. The molecule has 2 aromatic carbocycles. The minimum atomic E-state index is -4.52. The SMILES string of the molecule is COC(=O)c1cccc(COc2ccc(C(F)(F)F)cc2C#C[Si](C)(C)C)c1F. The highest BCUT2D eigenvalue weighted by molar-refractivity contribution is 6.83. The number of ether oxygens (including phenoxy) is 2. The van der Waals surface area contributed by atoms with Crippen LogP contribution in [0.5, 0.6) is 5.75 Å². The molecular formula is C21H20F4O3Si. The van der Waals surface area contributed by atoms with Crippen LogP contribution in [0.2, 0.25) is 19.6 Å². The van der Waals surface area contributed by atoms with E-state index in [1.165, 1.54) is 24.3 Å². The Kier molecular flexibility index (Phi) is 6.75. The molecule has 3 nitrogen and oxygen atoms in total. The van der Waals surface area contributed by atoms with Crippen LogP contribution in [-0.4, -0.2) is 21.2 Å². The van der Waals surface area contributed by atoms with E-state index in [-0.39, 0.29) is 29.0 Å². The topological polar surface area (TPSA) is 35.5 Å². The van der Waals surface area contributed by atoms with E-state index < -0.39 is 31.6 Å². The summed E-state index contributed by atoms with van der Waals surface area (Å²) in [5.41, 5.74) is 2.05. The number of carbonyl (C=O) groups is 1. The first-order valence-electron chi connectivity index (χ1n) is 8.65. The van der Waals surface area contributed by atoms with Crippen LogP contribution < -0.4 is 4.74 Å². The average molecular weight is 424 g/mol. The van der Waals surface area contributed by atoms with Gasteiger partial charge in [-0.15, -0.1) is 5.54 Å². The number of methoxy groups -OCH3 is 1. The van der Waals surface area contributed by atoms with Gasteiger partial charge in [0.05, 0.1) is 23.8 Å². The zero-order chi connectivity index (χ0) is 21.8. The Morgan fingerprint density at radius 3 is 2.41 bits per heavy atom. The molecule has 0 aliphatic carbocycles. The number of hydrogen-bond acceptors (Lipinski definition) is 3. The lowest BCUT2D eigenvalue weighted by atomic mass is 10.1. The lowest BCUT2D eigenvalue weighted by Gasteiger charge is -2.13. The van der Waals surface area contributed by atoms with Crippen molar-refractivity contribution in [1.29, 1.82) is 0 Å². The van der Waals surface area contributed by atoms with E-state index in [2.05, 4.69) is 16.2 Å². The van der Waals surface area contributed by atoms with Crippen molar-refractivity contribution in [2.24, 2.45) is 0 Å². The van der Waals surface area contributed by atoms with Crippen molar-refractivity contribution >= 4 is 14.0 Å². The van der Waals surface area contributed by atoms with Crippen molar-refractivity contribution in [1.82, 2.24) is 0 Å². The van der Waals surface area contributed by atoms with Gasteiger partial charge in [-0.1, -0.05) is 37.7 Å². The zero-order valence-corrected chi connectivity index (χ0v) is 17.4. The molecule has 0 heterocycles. The van der Waals surface area contributed by atoms with Crippen LogP contribution in [0, 0.1) is 17.3 Å². The second-order valence-electron chi connectivity index (χ2n) is 7.27. The third-order valence-corrected chi connectivity index (χ3v) is 4.62.